The third kappa shape index (κ3) is 1.09. The van der Waals surface area contributed by atoms with Gasteiger partial charge < -0.3 is 5.73 Å². The van der Waals surface area contributed by atoms with Crippen molar-refractivity contribution in [1.82, 2.24) is 0 Å². The van der Waals surface area contributed by atoms with E-state index < -0.39 is 0 Å². The molecule has 2 N–H and O–H groups in total. The van der Waals surface area contributed by atoms with Gasteiger partial charge in [0.25, 0.3) is 0 Å². The van der Waals surface area contributed by atoms with Crippen LogP contribution in [0.1, 0.15) is 38.5 Å². The Balaban J connectivity index is 2.13. The van der Waals surface area contributed by atoms with E-state index in [0.29, 0.717) is 5.78 Å². The van der Waals surface area contributed by atoms with Crippen molar-refractivity contribution in [2.45, 2.75) is 38.5 Å². The topological polar surface area (TPSA) is 43.1 Å². The van der Waals surface area contributed by atoms with Gasteiger partial charge in [-0.05, 0) is 44.4 Å². The number of carbonyl (C=O) groups excluding carboxylic acids is 1. The molecule has 12 heavy (non-hydrogen) atoms. The normalized spacial score (nSPS) is 39.9. The van der Waals surface area contributed by atoms with Gasteiger partial charge in [0.05, 0.1) is 6.54 Å². The Morgan fingerprint density at radius 1 is 1.25 bits per heavy atom. The van der Waals surface area contributed by atoms with E-state index in [4.69, 9.17) is 5.73 Å². The average molecular weight is 167 g/mol. The smallest absolute Gasteiger partial charge is 0.152 e. The van der Waals surface area contributed by atoms with Crippen LogP contribution in [0.15, 0.2) is 0 Å². The van der Waals surface area contributed by atoms with Gasteiger partial charge in [0, 0.05) is 5.41 Å². The van der Waals surface area contributed by atoms with Crippen molar-refractivity contribution in [3.8, 4) is 0 Å². The molecule has 0 amide bonds. The molecule has 3 fully saturated rings. The van der Waals surface area contributed by atoms with Crippen LogP contribution in [0.4, 0.5) is 0 Å². The summed E-state index contributed by atoms with van der Waals surface area (Å²) in [5.74, 6) is 1.25. The molecule has 0 unspecified atom stereocenters. The summed E-state index contributed by atoms with van der Waals surface area (Å²) < 4.78 is 0. The summed E-state index contributed by atoms with van der Waals surface area (Å²) in [4.78, 5) is 11.6. The second kappa shape index (κ2) is 2.84. The molecular weight excluding hydrogens is 150 g/mol. The highest BCUT2D eigenvalue weighted by atomic mass is 16.1. The maximum Gasteiger partial charge on any atom is 0.152 e. The number of hydrogen-bond donors (Lipinski definition) is 1. The maximum atomic E-state index is 11.6. The highest BCUT2D eigenvalue weighted by molar-refractivity contribution is 5.86. The second-order valence-electron chi connectivity index (χ2n) is 4.39. The fourth-order valence-corrected chi connectivity index (χ4v) is 2.88. The highest BCUT2D eigenvalue weighted by Crippen LogP contribution is 2.50. The van der Waals surface area contributed by atoms with Gasteiger partial charge in [-0.25, -0.2) is 0 Å². The summed E-state index contributed by atoms with van der Waals surface area (Å²) in [6, 6.07) is 0. The molecule has 0 aromatic rings. The number of Topliss-reactive ketones (excluding diaryl/α,β-unsaturated/α-hetero) is 1. The lowest BCUT2D eigenvalue weighted by molar-refractivity contribution is -0.133. The van der Waals surface area contributed by atoms with E-state index in [1.54, 1.807) is 0 Å². The van der Waals surface area contributed by atoms with Crippen LogP contribution in [0.3, 0.4) is 0 Å². The third-order valence-electron chi connectivity index (χ3n) is 3.87. The van der Waals surface area contributed by atoms with Crippen LogP contribution in [0, 0.1) is 11.3 Å². The second-order valence-corrected chi connectivity index (χ2v) is 4.39. The van der Waals surface area contributed by atoms with Gasteiger partial charge >= 0.3 is 0 Å². The first kappa shape index (κ1) is 8.24. The van der Waals surface area contributed by atoms with E-state index in [2.05, 4.69) is 0 Å². The largest absolute Gasteiger partial charge is 0.324 e. The molecule has 0 heterocycles. The van der Waals surface area contributed by atoms with E-state index in [1.165, 1.54) is 19.3 Å². The molecule has 3 aliphatic carbocycles. The van der Waals surface area contributed by atoms with Crippen LogP contribution in [0.5, 0.6) is 0 Å². The van der Waals surface area contributed by atoms with Crippen molar-refractivity contribution in [3.05, 3.63) is 0 Å². The summed E-state index contributed by atoms with van der Waals surface area (Å²) in [6.07, 6.45) is 7.16. The van der Waals surface area contributed by atoms with E-state index in [-0.39, 0.29) is 12.0 Å². The molecule has 2 bridgehead atoms. The minimum atomic E-state index is 0.0313. The molecular formula is C10H17NO. The Morgan fingerprint density at radius 3 is 2.17 bits per heavy atom. The van der Waals surface area contributed by atoms with E-state index >= 15 is 0 Å². The molecule has 2 heteroatoms. The van der Waals surface area contributed by atoms with E-state index in [0.717, 1.165) is 25.2 Å². The quantitative estimate of drug-likeness (QED) is 0.677. The molecule has 0 spiro atoms. The van der Waals surface area contributed by atoms with Crippen molar-refractivity contribution < 1.29 is 4.79 Å². The standard InChI is InChI=1S/C10H17NO/c11-7-9(12)10-4-1-8(2-5-10)3-6-10/h8H,1-7,11H2. The first-order valence-electron chi connectivity index (χ1n) is 5.00. The van der Waals surface area contributed by atoms with E-state index in [1.807, 2.05) is 0 Å². The predicted octanol–water partition coefficient (Wildman–Crippen LogP) is 1.48. The van der Waals surface area contributed by atoms with Gasteiger partial charge in [-0.2, -0.15) is 0 Å². The molecule has 0 radical (unpaired) electrons. The molecule has 0 saturated heterocycles. The van der Waals surface area contributed by atoms with Gasteiger partial charge in [0.15, 0.2) is 5.78 Å². The molecule has 3 aliphatic rings. The Hall–Kier alpha value is -0.370. The first-order valence-corrected chi connectivity index (χ1v) is 5.00. The van der Waals surface area contributed by atoms with Crippen molar-refractivity contribution in [2.75, 3.05) is 6.54 Å². The van der Waals surface area contributed by atoms with Crippen molar-refractivity contribution in [3.63, 3.8) is 0 Å². The van der Waals surface area contributed by atoms with Gasteiger partial charge in [0.1, 0.15) is 0 Å². The lowest BCUT2D eigenvalue weighted by atomic mass is 9.59. The zero-order chi connectivity index (χ0) is 8.60. The SMILES string of the molecule is NCC(=O)C12CCC(CC1)CC2. The lowest BCUT2D eigenvalue weighted by Crippen LogP contribution is -2.43. The van der Waals surface area contributed by atoms with Crippen molar-refractivity contribution in [1.29, 1.82) is 0 Å². The fourth-order valence-electron chi connectivity index (χ4n) is 2.88. The monoisotopic (exact) mass is 167 g/mol. The van der Waals surface area contributed by atoms with Crippen LogP contribution in [-0.4, -0.2) is 12.3 Å². The third-order valence-corrected chi connectivity index (χ3v) is 3.87. The average Bonchev–Trinajstić information content (AvgIpc) is 2.19. The number of nitrogens with two attached hydrogens (primary N) is 1. The summed E-state index contributed by atoms with van der Waals surface area (Å²) in [5, 5.41) is 0. The van der Waals surface area contributed by atoms with Crippen molar-refractivity contribution >= 4 is 5.78 Å². The van der Waals surface area contributed by atoms with Gasteiger partial charge in [-0.1, -0.05) is 0 Å². The minimum absolute atomic E-state index is 0.0313. The van der Waals surface area contributed by atoms with Gasteiger partial charge in [-0.15, -0.1) is 0 Å². The van der Waals surface area contributed by atoms with Crippen LogP contribution >= 0.6 is 0 Å². The number of fused-ring (bicyclic) bond motifs is 3. The zero-order valence-corrected chi connectivity index (χ0v) is 7.51. The molecule has 3 rings (SSSR count). The van der Waals surface area contributed by atoms with Crippen LogP contribution in [0.2, 0.25) is 0 Å². The molecule has 68 valence electrons. The molecule has 0 aromatic carbocycles. The maximum absolute atomic E-state index is 11.6. The zero-order valence-electron chi connectivity index (χ0n) is 7.51. The summed E-state index contributed by atoms with van der Waals surface area (Å²) in [7, 11) is 0. The Labute approximate surface area is 73.5 Å². The van der Waals surface area contributed by atoms with Gasteiger partial charge in [-0.3, -0.25) is 4.79 Å². The highest BCUT2D eigenvalue weighted by Gasteiger charge is 2.44. The molecule has 2 nitrogen and oxygen atoms in total. The molecule has 0 atom stereocenters. The summed E-state index contributed by atoms with van der Waals surface area (Å²) in [5.41, 5.74) is 5.46. The number of rotatable bonds is 2. The van der Waals surface area contributed by atoms with Crippen molar-refractivity contribution in [2.24, 2.45) is 17.1 Å². The Bertz CT molecular complexity index is 178. The summed E-state index contributed by atoms with van der Waals surface area (Å²) >= 11 is 0. The number of ketones is 1. The lowest BCUT2D eigenvalue weighted by Gasteiger charge is -2.45. The summed E-state index contributed by atoms with van der Waals surface area (Å²) in [6.45, 7) is 0.255. The number of carbonyl (C=O) groups is 1. The van der Waals surface area contributed by atoms with Gasteiger partial charge in [0.2, 0.25) is 0 Å². The fraction of sp³-hybridized carbons (Fsp3) is 0.900. The van der Waals surface area contributed by atoms with Crippen LogP contribution in [0.25, 0.3) is 0 Å². The van der Waals surface area contributed by atoms with Crippen LogP contribution < -0.4 is 5.73 Å². The van der Waals surface area contributed by atoms with Crippen LogP contribution in [-0.2, 0) is 4.79 Å². The minimum Gasteiger partial charge on any atom is -0.324 e. The number of hydrogen-bond acceptors (Lipinski definition) is 2. The Kier molecular flexibility index (Phi) is 1.95. The molecule has 0 aliphatic heterocycles. The first-order chi connectivity index (χ1) is 5.77. The van der Waals surface area contributed by atoms with E-state index in [9.17, 15) is 4.79 Å². The molecule has 3 saturated carbocycles. The molecule has 0 aromatic heterocycles. The Morgan fingerprint density at radius 2 is 1.75 bits per heavy atom. The predicted molar refractivity (Wildman–Crippen MR) is 47.7 cm³/mol.